The van der Waals surface area contributed by atoms with E-state index in [1.165, 1.54) is 12.1 Å². The highest BCUT2D eigenvalue weighted by Gasteiger charge is 2.48. The van der Waals surface area contributed by atoms with Crippen LogP contribution in [-0.2, 0) is 17.9 Å². The van der Waals surface area contributed by atoms with E-state index in [2.05, 4.69) is 5.32 Å². The van der Waals surface area contributed by atoms with E-state index in [0.717, 1.165) is 31.1 Å². The number of hydrogen-bond acceptors (Lipinski definition) is 4. The van der Waals surface area contributed by atoms with Gasteiger partial charge < -0.3 is 24.3 Å². The number of benzene rings is 2. The predicted octanol–water partition coefficient (Wildman–Crippen LogP) is 4.27. The fraction of sp³-hybridized carbons (Fsp3) is 0.407. The Hall–Kier alpha value is -3.55. The average Bonchev–Trinajstić information content (AvgIpc) is 3.49. The number of carbonyl (C=O) groups excluding carboxylic acids is 2. The van der Waals surface area contributed by atoms with Gasteiger partial charge in [-0.25, -0.2) is 4.39 Å². The number of methoxy groups -OCH3 is 2. The summed E-state index contributed by atoms with van der Waals surface area (Å²) in [7, 11) is 3.16. The molecule has 2 aromatic carbocycles. The van der Waals surface area contributed by atoms with E-state index < -0.39 is 5.54 Å². The van der Waals surface area contributed by atoms with Gasteiger partial charge in [0.15, 0.2) is 0 Å². The lowest BCUT2D eigenvalue weighted by Crippen LogP contribution is -2.64. The predicted molar refractivity (Wildman–Crippen MR) is 130 cm³/mol. The number of rotatable bonds is 6. The zero-order chi connectivity index (χ0) is 24.7. The van der Waals surface area contributed by atoms with E-state index >= 15 is 0 Å². The summed E-state index contributed by atoms with van der Waals surface area (Å²) in [5.41, 5.74) is 0.572. The standard InChI is InChI=1S/C27H30FN3O4/c1-27(26(33)29-19-9-4-5-10-19)16-30-21(14-20-22(34-2)11-12-23(35-3)24(20)30)25(32)31(27)15-17-7-6-8-18(28)13-17/h6-8,11-14,19H,4-5,9-10,15-16H2,1-3H3,(H,29,33)/t27-/m0/s1. The third kappa shape index (κ3) is 3.90. The normalized spacial score (nSPS) is 20.2. The van der Waals surface area contributed by atoms with Crippen molar-refractivity contribution in [2.75, 3.05) is 14.2 Å². The van der Waals surface area contributed by atoms with Crippen LogP contribution in [0, 0.1) is 5.82 Å². The Bertz CT molecular complexity index is 1300. The van der Waals surface area contributed by atoms with Crippen molar-refractivity contribution in [2.24, 2.45) is 0 Å². The van der Waals surface area contributed by atoms with Crippen LogP contribution in [-0.4, -0.2) is 47.1 Å². The molecule has 1 aliphatic carbocycles. The van der Waals surface area contributed by atoms with E-state index in [1.807, 2.05) is 4.57 Å². The number of halogens is 1. The topological polar surface area (TPSA) is 72.8 Å². The molecule has 184 valence electrons. The van der Waals surface area contributed by atoms with Crippen molar-refractivity contribution in [2.45, 2.75) is 57.3 Å². The second-order valence-corrected chi connectivity index (χ2v) is 9.60. The number of nitrogens with zero attached hydrogens (tertiary/aromatic N) is 2. The van der Waals surface area contributed by atoms with Crippen LogP contribution in [0.2, 0.25) is 0 Å². The molecule has 35 heavy (non-hydrogen) atoms. The van der Waals surface area contributed by atoms with Crippen molar-refractivity contribution in [1.82, 2.24) is 14.8 Å². The van der Waals surface area contributed by atoms with Gasteiger partial charge in [0.2, 0.25) is 5.91 Å². The Morgan fingerprint density at radius 3 is 2.51 bits per heavy atom. The van der Waals surface area contributed by atoms with E-state index in [-0.39, 0.29) is 36.8 Å². The zero-order valence-corrected chi connectivity index (χ0v) is 20.3. The zero-order valence-electron chi connectivity index (χ0n) is 20.3. The Labute approximate surface area is 203 Å². The van der Waals surface area contributed by atoms with Crippen LogP contribution in [0.4, 0.5) is 4.39 Å². The SMILES string of the molecule is COc1ccc(OC)c2c1cc1n2C[C@@](C)(C(=O)NC2CCCC2)N(Cc2cccc(F)c2)C1=O. The van der Waals surface area contributed by atoms with Crippen LogP contribution < -0.4 is 14.8 Å². The van der Waals surface area contributed by atoms with Crippen LogP contribution in [0.3, 0.4) is 0 Å². The van der Waals surface area contributed by atoms with Gasteiger partial charge in [-0.15, -0.1) is 0 Å². The molecule has 0 radical (unpaired) electrons. The van der Waals surface area contributed by atoms with E-state index in [0.29, 0.717) is 28.3 Å². The fourth-order valence-corrected chi connectivity index (χ4v) is 5.43. The first-order valence-electron chi connectivity index (χ1n) is 12.0. The molecule has 1 aliphatic heterocycles. The van der Waals surface area contributed by atoms with Crippen molar-refractivity contribution in [3.63, 3.8) is 0 Å². The third-order valence-corrected chi connectivity index (χ3v) is 7.36. The minimum atomic E-state index is -1.20. The molecule has 8 heteroatoms. The van der Waals surface area contributed by atoms with Crippen LogP contribution in [0.15, 0.2) is 42.5 Å². The maximum atomic E-state index is 14.0. The summed E-state index contributed by atoms with van der Waals surface area (Å²) in [6.07, 6.45) is 4.03. The monoisotopic (exact) mass is 479 g/mol. The molecule has 1 N–H and O–H groups in total. The molecule has 7 nitrogen and oxygen atoms in total. The first-order valence-corrected chi connectivity index (χ1v) is 12.0. The number of ether oxygens (including phenoxy) is 2. The maximum Gasteiger partial charge on any atom is 0.271 e. The molecule has 5 rings (SSSR count). The summed E-state index contributed by atoms with van der Waals surface area (Å²) in [6.45, 7) is 2.13. The highest BCUT2D eigenvalue weighted by molar-refractivity contribution is 6.05. The molecule has 0 bridgehead atoms. The average molecular weight is 480 g/mol. The van der Waals surface area contributed by atoms with Crippen molar-refractivity contribution in [3.05, 3.63) is 59.5 Å². The minimum absolute atomic E-state index is 0.0999. The highest BCUT2D eigenvalue weighted by Crippen LogP contribution is 2.40. The summed E-state index contributed by atoms with van der Waals surface area (Å²) in [6, 6.07) is 11.6. The van der Waals surface area contributed by atoms with Crippen molar-refractivity contribution >= 4 is 22.7 Å². The van der Waals surface area contributed by atoms with Gasteiger partial charge in [0.05, 0.1) is 26.3 Å². The number of amides is 2. The first kappa shape index (κ1) is 23.2. The number of carbonyl (C=O) groups is 2. The fourth-order valence-electron chi connectivity index (χ4n) is 5.43. The largest absolute Gasteiger partial charge is 0.496 e. The molecule has 2 heterocycles. The maximum absolute atomic E-state index is 14.0. The molecule has 1 atom stereocenters. The molecule has 3 aromatic rings. The molecule has 2 aliphatic rings. The Balaban J connectivity index is 1.64. The summed E-state index contributed by atoms with van der Waals surface area (Å²) in [5, 5.41) is 3.92. The number of fused-ring (bicyclic) bond motifs is 3. The Kier molecular flexibility index (Phi) is 5.91. The van der Waals surface area contributed by atoms with Gasteiger partial charge in [-0.1, -0.05) is 25.0 Å². The van der Waals surface area contributed by atoms with E-state index in [9.17, 15) is 14.0 Å². The third-order valence-electron chi connectivity index (χ3n) is 7.36. The molecule has 1 aromatic heterocycles. The number of nitrogens with one attached hydrogen (secondary N) is 1. The van der Waals surface area contributed by atoms with Gasteiger partial charge in [0.25, 0.3) is 5.91 Å². The summed E-state index contributed by atoms with van der Waals surface area (Å²) >= 11 is 0. The molecule has 1 saturated carbocycles. The lowest BCUT2D eigenvalue weighted by Gasteiger charge is -2.44. The summed E-state index contributed by atoms with van der Waals surface area (Å²) in [5.74, 6) is 0.322. The van der Waals surface area contributed by atoms with Crippen LogP contribution in [0.25, 0.3) is 10.9 Å². The Morgan fingerprint density at radius 1 is 1.11 bits per heavy atom. The van der Waals surface area contributed by atoms with Gasteiger partial charge in [-0.3, -0.25) is 9.59 Å². The van der Waals surface area contributed by atoms with Crippen LogP contribution in [0.1, 0.15) is 48.7 Å². The molecule has 0 spiro atoms. The first-order chi connectivity index (χ1) is 16.9. The quantitative estimate of drug-likeness (QED) is 0.573. The van der Waals surface area contributed by atoms with Gasteiger partial charge in [-0.2, -0.15) is 0 Å². The molecular formula is C27H30FN3O4. The molecule has 0 saturated heterocycles. The van der Waals surface area contributed by atoms with E-state index in [4.69, 9.17) is 9.47 Å². The Morgan fingerprint density at radius 2 is 1.83 bits per heavy atom. The summed E-state index contributed by atoms with van der Waals surface area (Å²) in [4.78, 5) is 29.3. The molecule has 1 fully saturated rings. The van der Waals surface area contributed by atoms with Crippen LogP contribution >= 0.6 is 0 Å². The number of hydrogen-bond donors (Lipinski definition) is 1. The van der Waals surface area contributed by atoms with Gasteiger partial charge in [0, 0.05) is 18.0 Å². The van der Waals surface area contributed by atoms with Crippen molar-refractivity contribution in [1.29, 1.82) is 0 Å². The van der Waals surface area contributed by atoms with E-state index in [1.54, 1.807) is 56.4 Å². The van der Waals surface area contributed by atoms with Gasteiger partial charge in [-0.05, 0) is 55.7 Å². The molecular weight excluding hydrogens is 449 g/mol. The second-order valence-electron chi connectivity index (χ2n) is 9.60. The lowest BCUT2D eigenvalue weighted by atomic mass is 9.93. The highest BCUT2D eigenvalue weighted by atomic mass is 19.1. The number of aromatic nitrogens is 1. The lowest BCUT2D eigenvalue weighted by molar-refractivity contribution is -0.133. The van der Waals surface area contributed by atoms with Crippen molar-refractivity contribution in [3.8, 4) is 11.5 Å². The van der Waals surface area contributed by atoms with Gasteiger partial charge >= 0.3 is 0 Å². The van der Waals surface area contributed by atoms with Crippen molar-refractivity contribution < 1.29 is 23.5 Å². The molecule has 2 amide bonds. The van der Waals surface area contributed by atoms with Crippen LogP contribution in [0.5, 0.6) is 11.5 Å². The second kappa shape index (κ2) is 8.91. The van der Waals surface area contributed by atoms with Gasteiger partial charge in [0.1, 0.15) is 28.5 Å². The molecule has 0 unspecified atom stereocenters. The minimum Gasteiger partial charge on any atom is -0.496 e. The summed E-state index contributed by atoms with van der Waals surface area (Å²) < 4.78 is 27.0. The smallest absolute Gasteiger partial charge is 0.271 e.